The van der Waals surface area contributed by atoms with Crippen LogP contribution in [0, 0.1) is 0 Å². The summed E-state index contributed by atoms with van der Waals surface area (Å²) in [5.41, 5.74) is 2.78. The lowest BCUT2D eigenvalue weighted by molar-refractivity contribution is 0.0501. The van der Waals surface area contributed by atoms with E-state index < -0.39 is 11.9 Å². The summed E-state index contributed by atoms with van der Waals surface area (Å²) in [6, 6.07) is 28.2. The Hall–Kier alpha value is -3.92. The Morgan fingerprint density at radius 3 is 2.17 bits per heavy atom. The maximum atomic E-state index is 13.1. The van der Waals surface area contributed by atoms with Crippen LogP contribution in [0.25, 0.3) is 21.9 Å². The second-order valence-corrected chi connectivity index (χ2v) is 6.93. The summed E-state index contributed by atoms with van der Waals surface area (Å²) in [7, 11) is 0. The van der Waals surface area contributed by atoms with E-state index in [9.17, 15) is 14.7 Å². The molecule has 4 heteroatoms. The van der Waals surface area contributed by atoms with Gasteiger partial charge in [0.15, 0.2) is 0 Å². The lowest BCUT2D eigenvalue weighted by Crippen LogP contribution is -2.14. The molecule has 148 valence electrons. The molecule has 4 aromatic carbocycles. The first-order valence-corrected chi connectivity index (χ1v) is 9.70. The standard InChI is InChI=1S/C26H20O4/c27-25(28)22-15-14-20-12-7-13-21(19-10-5-2-6-11-19)23(20)24(22)26(29)30-17-16-18-8-3-1-4-9-18/h1-15H,16-17H2,(H,27,28). The van der Waals surface area contributed by atoms with Gasteiger partial charge in [-0.2, -0.15) is 0 Å². The zero-order valence-electron chi connectivity index (χ0n) is 16.2. The van der Waals surface area contributed by atoms with Crippen LogP contribution < -0.4 is 0 Å². The van der Waals surface area contributed by atoms with Crippen molar-refractivity contribution in [3.8, 4) is 11.1 Å². The molecule has 0 unspecified atom stereocenters. The van der Waals surface area contributed by atoms with Crippen LogP contribution in [0.5, 0.6) is 0 Å². The van der Waals surface area contributed by atoms with Crippen molar-refractivity contribution >= 4 is 22.7 Å². The van der Waals surface area contributed by atoms with Crippen LogP contribution in [0.3, 0.4) is 0 Å². The zero-order valence-corrected chi connectivity index (χ0v) is 16.2. The van der Waals surface area contributed by atoms with Gasteiger partial charge in [0, 0.05) is 11.8 Å². The number of benzene rings is 4. The molecular formula is C26H20O4. The molecule has 30 heavy (non-hydrogen) atoms. The molecule has 0 saturated heterocycles. The third kappa shape index (κ3) is 3.94. The summed E-state index contributed by atoms with van der Waals surface area (Å²) < 4.78 is 5.52. The van der Waals surface area contributed by atoms with Crippen LogP contribution >= 0.6 is 0 Å². The van der Waals surface area contributed by atoms with Gasteiger partial charge in [0.2, 0.25) is 0 Å². The minimum Gasteiger partial charge on any atom is -0.478 e. The van der Waals surface area contributed by atoms with Gasteiger partial charge in [-0.25, -0.2) is 9.59 Å². The molecule has 0 aliphatic heterocycles. The molecule has 0 spiro atoms. The van der Waals surface area contributed by atoms with E-state index in [-0.39, 0.29) is 17.7 Å². The van der Waals surface area contributed by atoms with Crippen molar-refractivity contribution in [2.45, 2.75) is 6.42 Å². The Balaban J connectivity index is 1.77. The number of fused-ring (bicyclic) bond motifs is 1. The maximum absolute atomic E-state index is 13.1. The summed E-state index contributed by atoms with van der Waals surface area (Å²) in [5, 5.41) is 11.1. The van der Waals surface area contributed by atoms with Crippen molar-refractivity contribution in [2.75, 3.05) is 6.61 Å². The van der Waals surface area contributed by atoms with Gasteiger partial charge in [-0.05, 0) is 28.1 Å². The lowest BCUT2D eigenvalue weighted by Gasteiger charge is -2.14. The van der Waals surface area contributed by atoms with Crippen LogP contribution in [-0.2, 0) is 11.2 Å². The number of carboxylic acids is 1. The number of esters is 1. The van der Waals surface area contributed by atoms with Gasteiger partial charge >= 0.3 is 11.9 Å². The van der Waals surface area contributed by atoms with Crippen LogP contribution in [0.2, 0.25) is 0 Å². The number of aromatic carboxylic acids is 1. The van der Waals surface area contributed by atoms with Crippen molar-refractivity contribution in [3.05, 3.63) is 108 Å². The Morgan fingerprint density at radius 1 is 0.767 bits per heavy atom. The molecule has 0 heterocycles. The quantitative estimate of drug-likeness (QED) is 0.431. The Kier molecular flexibility index (Phi) is 5.57. The minimum atomic E-state index is -1.16. The summed E-state index contributed by atoms with van der Waals surface area (Å²) in [6.45, 7) is 0.172. The summed E-state index contributed by atoms with van der Waals surface area (Å²) in [6.07, 6.45) is 0.561. The molecule has 0 saturated carbocycles. The maximum Gasteiger partial charge on any atom is 0.339 e. The highest BCUT2D eigenvalue weighted by Crippen LogP contribution is 2.33. The van der Waals surface area contributed by atoms with Crippen LogP contribution in [0.15, 0.2) is 91.0 Å². The first-order chi connectivity index (χ1) is 14.6. The highest BCUT2D eigenvalue weighted by Gasteiger charge is 2.23. The van der Waals surface area contributed by atoms with Crippen molar-refractivity contribution in [3.63, 3.8) is 0 Å². The normalized spacial score (nSPS) is 10.7. The number of ether oxygens (including phenoxy) is 1. The van der Waals surface area contributed by atoms with E-state index in [0.29, 0.717) is 11.8 Å². The molecule has 1 N–H and O–H groups in total. The molecule has 4 rings (SSSR count). The van der Waals surface area contributed by atoms with E-state index >= 15 is 0 Å². The van der Waals surface area contributed by atoms with E-state index in [1.807, 2.05) is 78.9 Å². The van der Waals surface area contributed by atoms with Gasteiger partial charge in [-0.3, -0.25) is 0 Å². The van der Waals surface area contributed by atoms with E-state index in [0.717, 1.165) is 22.1 Å². The predicted octanol–water partition coefficient (Wildman–Crippen LogP) is 5.60. The van der Waals surface area contributed by atoms with Gasteiger partial charge < -0.3 is 9.84 Å². The molecule has 0 fully saturated rings. The molecule has 0 amide bonds. The average Bonchev–Trinajstić information content (AvgIpc) is 2.79. The van der Waals surface area contributed by atoms with E-state index in [4.69, 9.17) is 4.74 Å². The number of carbonyl (C=O) groups is 2. The van der Waals surface area contributed by atoms with Gasteiger partial charge in [-0.15, -0.1) is 0 Å². The molecule has 0 aliphatic rings. The SMILES string of the molecule is O=C(O)c1ccc2cccc(-c3ccccc3)c2c1C(=O)OCCc1ccccc1. The largest absolute Gasteiger partial charge is 0.478 e. The highest BCUT2D eigenvalue weighted by atomic mass is 16.5. The second kappa shape index (κ2) is 8.62. The second-order valence-electron chi connectivity index (χ2n) is 6.93. The van der Waals surface area contributed by atoms with Crippen molar-refractivity contribution in [2.24, 2.45) is 0 Å². The van der Waals surface area contributed by atoms with E-state index in [1.54, 1.807) is 6.07 Å². The van der Waals surface area contributed by atoms with Crippen molar-refractivity contribution in [1.82, 2.24) is 0 Å². The third-order valence-corrected chi connectivity index (χ3v) is 5.03. The smallest absolute Gasteiger partial charge is 0.339 e. The molecule has 0 aromatic heterocycles. The molecule has 0 atom stereocenters. The molecule has 0 aliphatic carbocycles. The number of hydrogen-bond donors (Lipinski definition) is 1. The van der Waals surface area contributed by atoms with Crippen molar-refractivity contribution in [1.29, 1.82) is 0 Å². The lowest BCUT2D eigenvalue weighted by atomic mass is 9.91. The van der Waals surface area contributed by atoms with Crippen molar-refractivity contribution < 1.29 is 19.4 Å². The fraction of sp³-hybridized carbons (Fsp3) is 0.0769. The zero-order chi connectivity index (χ0) is 20.9. The predicted molar refractivity (Wildman–Crippen MR) is 117 cm³/mol. The first kappa shape index (κ1) is 19.4. The molecular weight excluding hydrogens is 376 g/mol. The van der Waals surface area contributed by atoms with Gasteiger partial charge in [0.1, 0.15) is 0 Å². The number of hydrogen-bond acceptors (Lipinski definition) is 3. The molecule has 0 bridgehead atoms. The fourth-order valence-corrected chi connectivity index (χ4v) is 3.61. The Labute approximate surface area is 174 Å². The van der Waals surface area contributed by atoms with E-state index in [1.165, 1.54) is 6.07 Å². The minimum absolute atomic E-state index is 0.0596. The van der Waals surface area contributed by atoms with Crippen LogP contribution in [0.4, 0.5) is 0 Å². The Bertz CT molecular complexity index is 1200. The van der Waals surface area contributed by atoms with Gasteiger partial charge in [-0.1, -0.05) is 84.9 Å². The van der Waals surface area contributed by atoms with Crippen LogP contribution in [0.1, 0.15) is 26.3 Å². The fourth-order valence-electron chi connectivity index (χ4n) is 3.61. The topological polar surface area (TPSA) is 63.6 Å². The summed E-state index contributed by atoms with van der Waals surface area (Å²) >= 11 is 0. The van der Waals surface area contributed by atoms with Gasteiger partial charge in [0.05, 0.1) is 17.7 Å². The average molecular weight is 396 g/mol. The van der Waals surface area contributed by atoms with E-state index in [2.05, 4.69) is 0 Å². The first-order valence-electron chi connectivity index (χ1n) is 9.70. The molecule has 4 nitrogen and oxygen atoms in total. The molecule has 4 aromatic rings. The summed E-state index contributed by atoms with van der Waals surface area (Å²) in [4.78, 5) is 25.0. The Morgan fingerprint density at radius 2 is 1.47 bits per heavy atom. The highest BCUT2D eigenvalue weighted by molar-refractivity contribution is 6.16. The van der Waals surface area contributed by atoms with Crippen LogP contribution in [-0.4, -0.2) is 23.7 Å². The van der Waals surface area contributed by atoms with Gasteiger partial charge in [0.25, 0.3) is 0 Å². The third-order valence-electron chi connectivity index (χ3n) is 5.03. The number of carbonyl (C=O) groups excluding carboxylic acids is 1. The summed E-state index contributed by atoms with van der Waals surface area (Å²) in [5.74, 6) is -1.79. The number of rotatable bonds is 6. The monoisotopic (exact) mass is 396 g/mol. The molecule has 0 radical (unpaired) electrons. The number of carboxylic acid groups (broad SMARTS) is 1.